The minimum absolute atomic E-state index is 0.0579. The molecule has 5 N–H and O–H groups in total. The normalized spacial score (nSPS) is 23.9. The van der Waals surface area contributed by atoms with Crippen molar-refractivity contribution in [1.29, 1.82) is 0 Å². The van der Waals surface area contributed by atoms with Gasteiger partial charge in [-0.25, -0.2) is 4.98 Å². The summed E-state index contributed by atoms with van der Waals surface area (Å²) in [6.45, 7) is 17.6. The Labute approximate surface area is 393 Å². The van der Waals surface area contributed by atoms with Crippen LogP contribution in [0.4, 0.5) is 17.7 Å². The fourth-order valence-corrected chi connectivity index (χ4v) is 9.60. The molecule has 13 nitrogen and oxygen atoms in total. The lowest BCUT2D eigenvalue weighted by atomic mass is 9.63. The standard InChI is InChI=1S/C26H42N4O5.C18H28O2.C6H3F4NO/c1-2-27-21-7-10-30(11-8-21)25(32)19-35-22-5-3-20(4-6-22)17-28-12-14-29(15-13-28)18-24-26(33)23(31)9-16-34-24;1-4-13-12-16(20)5-6-17(13)14-7-9-18(2,3)15(11-14)8-10-19;7-6(8,9)4-2-1-3-5(11-4)12-10/h3-6,21,23-24,26-27,31,33H,2,7-19H2,1H3;5-6,12,14-15,19-20H,4,7-11H2,1-3H3;1-3H. The van der Waals surface area contributed by atoms with Crippen molar-refractivity contribution < 1.29 is 57.3 Å². The largest absolute Gasteiger partial charge is 0.508 e. The summed E-state index contributed by atoms with van der Waals surface area (Å²) in [5, 5.41) is 42.4. The van der Waals surface area contributed by atoms with Crippen molar-refractivity contribution in [3.8, 4) is 17.4 Å². The number of phenolic OH excluding ortho intramolecular Hbond substituents is 1. The molecule has 17 heteroatoms. The van der Waals surface area contributed by atoms with Gasteiger partial charge in [-0.1, -0.05) is 52.0 Å². The molecule has 2 aromatic carbocycles. The van der Waals surface area contributed by atoms with Gasteiger partial charge < -0.3 is 40.1 Å². The summed E-state index contributed by atoms with van der Waals surface area (Å²) < 4.78 is 58.4. The number of carbonyl (C=O) groups is 1. The maximum Gasteiger partial charge on any atom is 0.433 e. The molecule has 4 heterocycles. The van der Waals surface area contributed by atoms with E-state index in [-0.39, 0.29) is 25.2 Å². The summed E-state index contributed by atoms with van der Waals surface area (Å²) in [7, 11) is 0. The van der Waals surface area contributed by atoms with Gasteiger partial charge in [-0.05, 0) is 122 Å². The summed E-state index contributed by atoms with van der Waals surface area (Å²) in [5.74, 6) is 1.61. The second-order valence-electron chi connectivity index (χ2n) is 18.8. The number of hydrogen-bond acceptors (Lipinski definition) is 12. The van der Waals surface area contributed by atoms with E-state index in [4.69, 9.17) is 9.47 Å². The first-order valence-corrected chi connectivity index (χ1v) is 23.9. The van der Waals surface area contributed by atoms with Crippen LogP contribution in [-0.4, -0.2) is 143 Å². The van der Waals surface area contributed by atoms with Gasteiger partial charge in [0.1, 0.15) is 23.3 Å². The Morgan fingerprint density at radius 1 is 0.940 bits per heavy atom. The summed E-state index contributed by atoms with van der Waals surface area (Å²) in [4.78, 5) is 25.0. The Morgan fingerprint density at radius 3 is 2.28 bits per heavy atom. The predicted octanol–water partition coefficient (Wildman–Crippen LogP) is 6.90. The minimum atomic E-state index is -4.57. The smallest absolute Gasteiger partial charge is 0.433 e. The maximum atomic E-state index is 12.5. The average molecular weight is 948 g/mol. The number of aliphatic hydroxyl groups is 3. The molecule has 1 amide bonds. The third kappa shape index (κ3) is 16.5. The third-order valence-corrected chi connectivity index (χ3v) is 13.8. The quantitative estimate of drug-likeness (QED) is 0.107. The Morgan fingerprint density at radius 2 is 1.64 bits per heavy atom. The zero-order valence-corrected chi connectivity index (χ0v) is 39.6. The molecule has 3 aliphatic heterocycles. The van der Waals surface area contributed by atoms with E-state index in [9.17, 15) is 42.9 Å². The first-order valence-electron chi connectivity index (χ1n) is 23.9. The van der Waals surface area contributed by atoms with Crippen LogP contribution < -0.4 is 15.0 Å². The Bertz CT molecular complexity index is 1930. The fourth-order valence-electron chi connectivity index (χ4n) is 9.60. The average Bonchev–Trinajstić information content (AvgIpc) is 3.32. The number of rotatable bonds is 14. The second-order valence-corrected chi connectivity index (χ2v) is 18.8. The van der Waals surface area contributed by atoms with E-state index in [1.54, 1.807) is 0 Å². The number of aromatic nitrogens is 1. The highest BCUT2D eigenvalue weighted by Crippen LogP contribution is 2.48. The topological polar surface area (TPSA) is 160 Å². The number of benzene rings is 2. The van der Waals surface area contributed by atoms with E-state index in [0.717, 1.165) is 108 Å². The van der Waals surface area contributed by atoms with Crippen LogP contribution >= 0.6 is 0 Å². The van der Waals surface area contributed by atoms with Crippen molar-refractivity contribution >= 4 is 5.91 Å². The monoisotopic (exact) mass is 948 g/mol. The van der Waals surface area contributed by atoms with Gasteiger partial charge in [-0.3, -0.25) is 19.5 Å². The number of phenols is 1. The molecule has 1 aromatic heterocycles. The number of hydrogen-bond donors (Lipinski definition) is 5. The van der Waals surface area contributed by atoms with Gasteiger partial charge in [0.25, 0.3) is 11.8 Å². The van der Waals surface area contributed by atoms with Crippen molar-refractivity contribution in [2.75, 3.05) is 72.2 Å². The minimum Gasteiger partial charge on any atom is -0.508 e. The van der Waals surface area contributed by atoms with E-state index in [0.29, 0.717) is 48.6 Å². The number of nitrogens with zero attached hydrogens (tertiary/aromatic N) is 4. The van der Waals surface area contributed by atoms with Gasteiger partial charge in [0, 0.05) is 82.2 Å². The maximum absolute atomic E-state index is 12.5. The van der Waals surface area contributed by atoms with Crippen LogP contribution in [-0.2, 0) is 28.7 Å². The molecule has 0 bridgehead atoms. The molecular formula is C50H73F4N5O8. The highest BCUT2D eigenvalue weighted by molar-refractivity contribution is 5.77. The van der Waals surface area contributed by atoms with E-state index in [1.807, 2.05) is 29.2 Å². The lowest BCUT2D eigenvalue weighted by Gasteiger charge is -2.42. The number of nitrogens with one attached hydrogen (secondary N) is 1. The van der Waals surface area contributed by atoms with Crippen LogP contribution in [0.2, 0.25) is 0 Å². The summed E-state index contributed by atoms with van der Waals surface area (Å²) in [6, 6.07) is 17.1. The molecule has 67 heavy (non-hydrogen) atoms. The Hall–Kier alpha value is -4.10. The molecule has 4 fully saturated rings. The first kappa shape index (κ1) is 53.8. The van der Waals surface area contributed by atoms with Gasteiger partial charge in [0.05, 0.1) is 12.2 Å². The number of piperazine rings is 1. The first-order chi connectivity index (χ1) is 32.0. The van der Waals surface area contributed by atoms with Crippen LogP contribution in [0.5, 0.6) is 17.4 Å². The van der Waals surface area contributed by atoms with Crippen LogP contribution in [0, 0.1) is 11.3 Å². The molecule has 7 rings (SSSR count). The fraction of sp³-hybridized carbons (Fsp3) is 0.640. The molecule has 5 atom stereocenters. The third-order valence-electron chi connectivity index (χ3n) is 13.8. The summed E-state index contributed by atoms with van der Waals surface area (Å²) in [5.41, 5.74) is 3.05. The molecule has 1 aliphatic carbocycles. The zero-order valence-electron chi connectivity index (χ0n) is 39.6. The van der Waals surface area contributed by atoms with E-state index in [2.05, 4.69) is 70.9 Å². The lowest BCUT2D eigenvalue weighted by molar-refractivity contribution is -0.143. The number of likely N-dealkylation sites (tertiary alicyclic amines) is 1. The van der Waals surface area contributed by atoms with Crippen molar-refractivity contribution in [1.82, 2.24) is 25.0 Å². The van der Waals surface area contributed by atoms with Crippen molar-refractivity contribution in [3.05, 3.63) is 83.0 Å². The number of halogens is 4. The van der Waals surface area contributed by atoms with Crippen LogP contribution in [0.1, 0.15) is 101 Å². The number of aliphatic hydroxyl groups excluding tert-OH is 3. The van der Waals surface area contributed by atoms with Gasteiger partial charge in [0.15, 0.2) is 6.61 Å². The molecule has 0 spiro atoms. The Balaban J connectivity index is 0.000000219. The molecule has 1 saturated carbocycles. The molecule has 5 unspecified atom stereocenters. The molecule has 0 radical (unpaired) electrons. The predicted molar refractivity (Wildman–Crippen MR) is 247 cm³/mol. The van der Waals surface area contributed by atoms with Crippen molar-refractivity contribution in [3.63, 3.8) is 0 Å². The number of piperidine rings is 1. The van der Waals surface area contributed by atoms with Crippen LogP contribution in [0.3, 0.4) is 0 Å². The van der Waals surface area contributed by atoms with Crippen LogP contribution in [0.25, 0.3) is 0 Å². The molecule has 3 saturated heterocycles. The van der Waals surface area contributed by atoms with E-state index in [1.165, 1.54) is 29.5 Å². The summed E-state index contributed by atoms with van der Waals surface area (Å²) in [6.07, 6.45) is 1.60. The van der Waals surface area contributed by atoms with Gasteiger partial charge in [-0.15, -0.1) is 0 Å². The number of aromatic hydroxyl groups is 1. The Kier molecular flexibility index (Phi) is 20.9. The summed E-state index contributed by atoms with van der Waals surface area (Å²) >= 11 is 0. The molecule has 3 aromatic rings. The SMILES string of the molecule is CCNC1CCN(C(=O)COc2ccc(CN3CCN(CC4OCCC(O)C4O)CC3)cc2)CC1.CCc1cc(O)ccc1C1CCC(C)(C)C(CCO)C1.FOc1cccc(C(F)(F)F)n1. The van der Waals surface area contributed by atoms with Crippen molar-refractivity contribution in [2.24, 2.45) is 11.3 Å². The number of pyridine rings is 1. The number of aryl methyl sites for hydroxylation is 1. The van der Waals surface area contributed by atoms with Crippen molar-refractivity contribution in [2.45, 2.75) is 122 Å². The molecule has 374 valence electrons. The molecular weight excluding hydrogens is 875 g/mol. The number of carbonyl (C=O) groups excluding carboxylic acids is 1. The second kappa shape index (κ2) is 26.0. The number of ether oxygens (including phenoxy) is 2. The number of amides is 1. The van der Waals surface area contributed by atoms with Gasteiger partial charge in [-0.2, -0.15) is 13.2 Å². The number of alkyl halides is 3. The highest BCUT2D eigenvalue weighted by Gasteiger charge is 2.37. The molecule has 4 aliphatic rings. The zero-order chi connectivity index (χ0) is 48.6. The van der Waals surface area contributed by atoms with Gasteiger partial charge in [0.2, 0.25) is 0 Å². The highest BCUT2D eigenvalue weighted by atomic mass is 19.4. The van der Waals surface area contributed by atoms with Crippen LogP contribution in [0.15, 0.2) is 60.7 Å². The van der Waals surface area contributed by atoms with Gasteiger partial charge >= 0.3 is 6.18 Å². The van der Waals surface area contributed by atoms with E-state index < -0.39 is 30.0 Å². The lowest BCUT2D eigenvalue weighted by Crippen LogP contribution is -2.54. The van der Waals surface area contributed by atoms with E-state index >= 15 is 0 Å².